The van der Waals surface area contributed by atoms with Gasteiger partial charge in [0.05, 0.1) is 7.11 Å². The zero-order chi connectivity index (χ0) is 35.2. The number of thiophene rings is 1. The molecule has 3 heterocycles. The fourth-order valence-electron chi connectivity index (χ4n) is 7.08. The number of nitrogens with zero attached hydrogens (tertiary/aromatic N) is 2. The van der Waals surface area contributed by atoms with Crippen molar-refractivity contribution in [2.75, 3.05) is 53.0 Å². The summed E-state index contributed by atoms with van der Waals surface area (Å²) in [6, 6.07) is 29.8. The second-order valence-corrected chi connectivity index (χ2v) is 15.2. The molecular formula is C43H48N2O5S. The third kappa shape index (κ3) is 8.25. The maximum Gasteiger partial charge on any atom is 0.195 e. The van der Waals surface area contributed by atoms with Gasteiger partial charge in [0.15, 0.2) is 17.3 Å². The molecule has 0 atom stereocenters. The van der Waals surface area contributed by atoms with Crippen LogP contribution in [0.3, 0.4) is 0 Å². The first-order valence-corrected chi connectivity index (χ1v) is 19.0. The highest BCUT2D eigenvalue weighted by molar-refractivity contribution is 7.22. The summed E-state index contributed by atoms with van der Waals surface area (Å²) in [6.07, 6.45) is 4.99. The van der Waals surface area contributed by atoms with Crippen molar-refractivity contribution in [3.8, 4) is 33.4 Å². The molecule has 2 fully saturated rings. The van der Waals surface area contributed by atoms with E-state index in [0.29, 0.717) is 42.4 Å². The number of hydrogen-bond acceptors (Lipinski definition) is 8. The Balaban J connectivity index is 1.16. The molecule has 7 rings (SSSR count). The predicted molar refractivity (Wildman–Crippen MR) is 206 cm³/mol. The van der Waals surface area contributed by atoms with Crippen molar-refractivity contribution in [2.24, 2.45) is 0 Å². The largest absolute Gasteiger partial charge is 0.493 e. The number of rotatable bonds is 15. The molecule has 1 aromatic heterocycles. The van der Waals surface area contributed by atoms with Crippen LogP contribution in [-0.2, 0) is 6.61 Å². The van der Waals surface area contributed by atoms with Crippen LogP contribution in [0.25, 0.3) is 20.5 Å². The van der Waals surface area contributed by atoms with Crippen LogP contribution in [0, 0.1) is 0 Å². The number of carbonyl (C=O) groups is 1. The molecule has 0 bridgehead atoms. The maximum absolute atomic E-state index is 14.6. The van der Waals surface area contributed by atoms with Crippen LogP contribution in [0.4, 0.5) is 0 Å². The quantitative estimate of drug-likeness (QED) is 0.101. The molecule has 0 aliphatic carbocycles. The first-order chi connectivity index (χ1) is 24.9. The van der Waals surface area contributed by atoms with Crippen molar-refractivity contribution in [3.05, 3.63) is 108 Å². The van der Waals surface area contributed by atoms with Gasteiger partial charge in [-0.3, -0.25) is 14.6 Å². The second kappa shape index (κ2) is 15.9. The summed E-state index contributed by atoms with van der Waals surface area (Å²) in [6.45, 7) is 11.5. The van der Waals surface area contributed by atoms with Gasteiger partial charge >= 0.3 is 0 Å². The predicted octanol–water partition coefficient (Wildman–Crippen LogP) is 9.11. The molecule has 0 saturated carbocycles. The van der Waals surface area contributed by atoms with E-state index in [1.165, 1.54) is 25.7 Å². The standard InChI is InChI=1S/C43H48N2O5S/c1-43(2,45-23-9-10-24-45)30-50-37-20-15-33(27-38(37)47-3)41(46)40-36-19-18-35(49-29-31-11-5-4-6-12-31)28-39(36)51-42(40)32-13-16-34(17-14-32)48-26-25-44-21-7-8-22-44/h4-6,11-20,27-28H,7-10,21-26,29-30H2,1-3H3. The molecule has 2 aliphatic rings. The number of fused-ring (bicyclic) bond motifs is 1. The lowest BCUT2D eigenvalue weighted by atomic mass is 9.97. The smallest absolute Gasteiger partial charge is 0.195 e. The lowest BCUT2D eigenvalue weighted by molar-refractivity contribution is 0.0878. The first-order valence-electron chi connectivity index (χ1n) is 18.2. The van der Waals surface area contributed by atoms with Gasteiger partial charge < -0.3 is 18.9 Å². The lowest BCUT2D eigenvalue weighted by Crippen LogP contribution is -2.46. The Bertz CT molecular complexity index is 1930. The van der Waals surface area contributed by atoms with Gasteiger partial charge in [-0.2, -0.15) is 0 Å². The molecule has 4 aromatic carbocycles. The number of ketones is 1. The van der Waals surface area contributed by atoms with Crippen molar-refractivity contribution in [1.29, 1.82) is 0 Å². The first kappa shape index (κ1) is 35.1. The third-order valence-electron chi connectivity index (χ3n) is 10.1. The zero-order valence-electron chi connectivity index (χ0n) is 30.0. The van der Waals surface area contributed by atoms with Crippen LogP contribution < -0.4 is 18.9 Å². The molecule has 266 valence electrons. The van der Waals surface area contributed by atoms with Gasteiger partial charge in [0.25, 0.3) is 0 Å². The van der Waals surface area contributed by atoms with Crippen molar-refractivity contribution < 1.29 is 23.7 Å². The van der Waals surface area contributed by atoms with Gasteiger partial charge in [-0.25, -0.2) is 0 Å². The van der Waals surface area contributed by atoms with Gasteiger partial charge in [0.2, 0.25) is 0 Å². The summed E-state index contributed by atoms with van der Waals surface area (Å²) in [5.74, 6) is 2.71. The van der Waals surface area contributed by atoms with E-state index in [2.05, 4.69) is 47.9 Å². The van der Waals surface area contributed by atoms with Crippen molar-refractivity contribution in [1.82, 2.24) is 9.80 Å². The van der Waals surface area contributed by atoms with E-state index in [9.17, 15) is 4.79 Å². The Hall–Kier alpha value is -4.37. The summed E-state index contributed by atoms with van der Waals surface area (Å²) in [5.41, 5.74) is 3.18. The molecular weight excluding hydrogens is 657 g/mol. The van der Waals surface area contributed by atoms with E-state index in [1.807, 2.05) is 66.7 Å². The SMILES string of the molecule is COc1cc(C(=O)c2c(-c3ccc(OCCN4CCCC4)cc3)sc3cc(OCc4ccccc4)ccc23)ccc1OCC(C)(C)N1CCCC1. The topological polar surface area (TPSA) is 60.5 Å². The number of carbonyl (C=O) groups excluding carboxylic acids is 1. The minimum Gasteiger partial charge on any atom is -0.493 e. The van der Waals surface area contributed by atoms with Gasteiger partial charge in [0, 0.05) is 38.2 Å². The van der Waals surface area contributed by atoms with Crippen LogP contribution in [-0.4, -0.2) is 74.2 Å². The molecule has 2 aliphatic heterocycles. The van der Waals surface area contributed by atoms with Crippen molar-refractivity contribution >= 4 is 27.2 Å². The molecule has 0 amide bonds. The minimum atomic E-state index is -0.0986. The molecule has 0 spiro atoms. The molecule has 51 heavy (non-hydrogen) atoms. The van der Waals surface area contributed by atoms with E-state index in [-0.39, 0.29) is 11.3 Å². The lowest BCUT2D eigenvalue weighted by Gasteiger charge is -2.35. The molecule has 8 heteroatoms. The zero-order valence-corrected chi connectivity index (χ0v) is 30.8. The van der Waals surface area contributed by atoms with Gasteiger partial charge in [-0.15, -0.1) is 11.3 Å². The number of benzene rings is 4. The molecule has 7 nitrogen and oxygen atoms in total. The van der Waals surface area contributed by atoms with Crippen molar-refractivity contribution in [2.45, 2.75) is 51.7 Å². The summed E-state index contributed by atoms with van der Waals surface area (Å²) < 4.78 is 25.4. The number of likely N-dealkylation sites (tertiary alicyclic amines) is 2. The van der Waals surface area contributed by atoms with E-state index in [4.69, 9.17) is 18.9 Å². The van der Waals surface area contributed by atoms with E-state index in [1.54, 1.807) is 18.4 Å². The average Bonchev–Trinajstić information content (AvgIpc) is 3.96. The summed E-state index contributed by atoms with van der Waals surface area (Å²) in [7, 11) is 1.62. The molecule has 0 radical (unpaired) electrons. The Kier molecular flexibility index (Phi) is 10.9. The Morgan fingerprint density at radius 3 is 2.24 bits per heavy atom. The molecule has 0 unspecified atom stereocenters. The van der Waals surface area contributed by atoms with E-state index in [0.717, 1.165) is 70.3 Å². The molecule has 5 aromatic rings. The number of methoxy groups -OCH3 is 1. The molecule has 2 saturated heterocycles. The minimum absolute atomic E-state index is 0.0672. The number of ether oxygens (including phenoxy) is 4. The van der Waals surface area contributed by atoms with Crippen LogP contribution >= 0.6 is 11.3 Å². The fourth-order valence-corrected chi connectivity index (χ4v) is 8.31. The second-order valence-electron chi connectivity index (χ2n) is 14.2. The van der Waals surface area contributed by atoms with Crippen LogP contribution in [0.5, 0.6) is 23.0 Å². The van der Waals surface area contributed by atoms with E-state index < -0.39 is 0 Å². The highest BCUT2D eigenvalue weighted by Crippen LogP contribution is 2.42. The normalized spacial score (nSPS) is 15.4. The van der Waals surface area contributed by atoms with Crippen LogP contribution in [0.2, 0.25) is 0 Å². The third-order valence-corrected chi connectivity index (χ3v) is 11.3. The Morgan fingerprint density at radius 1 is 0.765 bits per heavy atom. The maximum atomic E-state index is 14.6. The van der Waals surface area contributed by atoms with Gasteiger partial charge in [-0.05, 0) is 138 Å². The van der Waals surface area contributed by atoms with Crippen LogP contribution in [0.1, 0.15) is 61.0 Å². The monoisotopic (exact) mass is 704 g/mol. The summed E-state index contributed by atoms with van der Waals surface area (Å²) in [5, 5.41) is 0.893. The van der Waals surface area contributed by atoms with Crippen LogP contribution in [0.15, 0.2) is 91.0 Å². The highest BCUT2D eigenvalue weighted by atomic mass is 32.1. The van der Waals surface area contributed by atoms with Gasteiger partial charge in [-0.1, -0.05) is 30.3 Å². The van der Waals surface area contributed by atoms with E-state index >= 15 is 0 Å². The van der Waals surface area contributed by atoms with Crippen molar-refractivity contribution in [3.63, 3.8) is 0 Å². The Labute approximate surface area is 305 Å². The molecule has 0 N–H and O–H groups in total. The average molecular weight is 705 g/mol. The Morgan fingerprint density at radius 2 is 1.49 bits per heavy atom. The fraction of sp³-hybridized carbons (Fsp3) is 0.372. The summed E-state index contributed by atoms with van der Waals surface area (Å²) in [4.78, 5) is 20.4. The highest BCUT2D eigenvalue weighted by Gasteiger charge is 2.30. The summed E-state index contributed by atoms with van der Waals surface area (Å²) >= 11 is 1.60. The number of hydrogen-bond donors (Lipinski definition) is 0. The van der Waals surface area contributed by atoms with Gasteiger partial charge in [0.1, 0.15) is 31.3 Å².